The molecule has 1 aromatic heterocycles. The Balaban J connectivity index is 1.92. The number of carbonyl (C=O) groups is 2. The van der Waals surface area contributed by atoms with Crippen molar-refractivity contribution in [3.05, 3.63) is 53.5 Å². The number of benzene rings is 1. The number of hydrogen-bond donors (Lipinski definition) is 2. The van der Waals surface area contributed by atoms with Gasteiger partial charge < -0.3 is 9.73 Å². The summed E-state index contributed by atoms with van der Waals surface area (Å²) < 4.78 is 5.29. The van der Waals surface area contributed by atoms with Gasteiger partial charge in [0.2, 0.25) is 5.91 Å². The van der Waals surface area contributed by atoms with Gasteiger partial charge in [-0.05, 0) is 43.3 Å². The van der Waals surface area contributed by atoms with Gasteiger partial charge in [0.25, 0.3) is 5.91 Å². The highest BCUT2D eigenvalue weighted by Gasteiger charge is 2.05. The summed E-state index contributed by atoms with van der Waals surface area (Å²) in [5.74, 6) is 0.927. The number of nitrogens with one attached hydrogen (secondary N) is 2. The molecule has 0 saturated carbocycles. The number of rotatable bonds is 5. The predicted octanol–water partition coefficient (Wildman–Crippen LogP) is 2.70. The van der Waals surface area contributed by atoms with Crippen LogP contribution in [0.2, 0.25) is 0 Å². The zero-order valence-corrected chi connectivity index (χ0v) is 12.4. The highest BCUT2D eigenvalue weighted by Crippen LogP contribution is 2.10. The summed E-state index contributed by atoms with van der Waals surface area (Å²) in [5.41, 5.74) is 3.51. The molecule has 0 spiro atoms. The van der Waals surface area contributed by atoms with E-state index in [0.717, 1.165) is 5.76 Å². The van der Waals surface area contributed by atoms with Gasteiger partial charge in [0.15, 0.2) is 0 Å². The second-order valence-corrected chi connectivity index (χ2v) is 4.63. The van der Waals surface area contributed by atoms with E-state index < -0.39 is 0 Å². The van der Waals surface area contributed by atoms with E-state index in [-0.39, 0.29) is 11.8 Å². The maximum absolute atomic E-state index is 11.9. The lowest BCUT2D eigenvalue weighted by atomic mass is 10.2. The molecule has 0 bridgehead atoms. The van der Waals surface area contributed by atoms with Crippen LogP contribution in [0.15, 0.2) is 45.9 Å². The minimum absolute atomic E-state index is 0.0736. The van der Waals surface area contributed by atoms with Gasteiger partial charge in [0.1, 0.15) is 11.5 Å². The average molecular weight is 299 g/mol. The standard InChI is InChI=1S/C16H17N3O3/c1-3-15(20)18-13-7-5-12(6-8-13)16(21)19-17-10-14-9-4-11(2)22-14/h4-10H,3H2,1-2H3,(H,18,20)(H,19,21). The van der Waals surface area contributed by atoms with Gasteiger partial charge in [0, 0.05) is 17.7 Å². The number of hydrazone groups is 1. The fourth-order valence-electron chi connectivity index (χ4n) is 1.70. The molecule has 6 heteroatoms. The van der Waals surface area contributed by atoms with E-state index >= 15 is 0 Å². The molecule has 1 heterocycles. The normalized spacial score (nSPS) is 10.6. The largest absolute Gasteiger partial charge is 0.460 e. The van der Waals surface area contributed by atoms with Gasteiger partial charge in [-0.2, -0.15) is 5.10 Å². The van der Waals surface area contributed by atoms with Crippen molar-refractivity contribution < 1.29 is 14.0 Å². The Morgan fingerprint density at radius 3 is 2.50 bits per heavy atom. The van der Waals surface area contributed by atoms with E-state index in [1.54, 1.807) is 37.3 Å². The fraction of sp³-hybridized carbons (Fsp3) is 0.188. The van der Waals surface area contributed by atoms with E-state index in [0.29, 0.717) is 23.4 Å². The summed E-state index contributed by atoms with van der Waals surface area (Å²) in [5, 5.41) is 6.54. The number of hydrogen-bond acceptors (Lipinski definition) is 4. The van der Waals surface area contributed by atoms with Crippen LogP contribution < -0.4 is 10.7 Å². The topological polar surface area (TPSA) is 83.7 Å². The number of furan rings is 1. The molecular formula is C16H17N3O3. The van der Waals surface area contributed by atoms with Crippen molar-refractivity contribution in [3.63, 3.8) is 0 Å². The first-order valence-corrected chi connectivity index (χ1v) is 6.88. The molecule has 2 aromatic rings. The lowest BCUT2D eigenvalue weighted by molar-refractivity contribution is -0.115. The Morgan fingerprint density at radius 2 is 1.91 bits per heavy atom. The molecule has 114 valence electrons. The van der Waals surface area contributed by atoms with Gasteiger partial charge >= 0.3 is 0 Å². The van der Waals surface area contributed by atoms with Gasteiger partial charge in [-0.15, -0.1) is 0 Å². The molecule has 0 saturated heterocycles. The first kappa shape index (κ1) is 15.5. The molecule has 22 heavy (non-hydrogen) atoms. The molecule has 0 aliphatic rings. The van der Waals surface area contributed by atoms with Crippen LogP contribution in [-0.2, 0) is 4.79 Å². The van der Waals surface area contributed by atoms with Crippen LogP contribution in [0.4, 0.5) is 5.69 Å². The van der Waals surface area contributed by atoms with Gasteiger partial charge in [-0.3, -0.25) is 9.59 Å². The average Bonchev–Trinajstić information content (AvgIpc) is 2.93. The Bertz CT molecular complexity index is 687. The third kappa shape index (κ3) is 4.31. The highest BCUT2D eigenvalue weighted by atomic mass is 16.3. The minimum atomic E-state index is -0.340. The van der Waals surface area contributed by atoms with Crippen LogP contribution in [-0.4, -0.2) is 18.0 Å². The van der Waals surface area contributed by atoms with E-state index in [1.807, 2.05) is 13.0 Å². The van der Waals surface area contributed by atoms with Gasteiger partial charge in [0.05, 0.1) is 6.21 Å². The molecule has 0 aliphatic carbocycles. The molecule has 0 atom stereocenters. The first-order valence-electron chi connectivity index (χ1n) is 6.88. The van der Waals surface area contributed by atoms with Crippen LogP contribution in [0, 0.1) is 6.92 Å². The second kappa shape index (κ2) is 7.21. The molecule has 0 radical (unpaired) electrons. The number of amides is 2. The van der Waals surface area contributed by atoms with E-state index in [4.69, 9.17) is 4.42 Å². The number of carbonyl (C=O) groups excluding carboxylic acids is 2. The molecule has 2 rings (SSSR count). The SMILES string of the molecule is CCC(=O)Nc1ccc(C(=O)NN=Cc2ccc(C)o2)cc1. The van der Waals surface area contributed by atoms with E-state index in [9.17, 15) is 9.59 Å². The van der Waals surface area contributed by atoms with Crippen LogP contribution in [0.25, 0.3) is 0 Å². The first-order chi connectivity index (χ1) is 10.6. The van der Waals surface area contributed by atoms with E-state index in [1.165, 1.54) is 6.21 Å². The summed E-state index contributed by atoms with van der Waals surface area (Å²) in [7, 11) is 0. The number of anilines is 1. The maximum Gasteiger partial charge on any atom is 0.271 e. The summed E-state index contributed by atoms with van der Waals surface area (Å²) in [6.45, 7) is 3.60. The smallest absolute Gasteiger partial charge is 0.271 e. The third-order valence-corrected chi connectivity index (χ3v) is 2.87. The molecule has 0 aliphatic heterocycles. The van der Waals surface area contributed by atoms with Crippen molar-refractivity contribution in [3.8, 4) is 0 Å². The Labute approximate surface area is 128 Å². The van der Waals surface area contributed by atoms with E-state index in [2.05, 4.69) is 15.8 Å². The third-order valence-electron chi connectivity index (χ3n) is 2.87. The fourth-order valence-corrected chi connectivity index (χ4v) is 1.70. The lowest BCUT2D eigenvalue weighted by Gasteiger charge is -2.04. The highest BCUT2D eigenvalue weighted by molar-refractivity contribution is 5.96. The zero-order valence-electron chi connectivity index (χ0n) is 12.4. The van der Waals surface area contributed by atoms with Crippen molar-refractivity contribution in [1.29, 1.82) is 0 Å². The van der Waals surface area contributed by atoms with Crippen molar-refractivity contribution in [2.75, 3.05) is 5.32 Å². The minimum Gasteiger partial charge on any atom is -0.460 e. The Hall–Kier alpha value is -2.89. The Morgan fingerprint density at radius 1 is 1.18 bits per heavy atom. The summed E-state index contributed by atoms with van der Waals surface area (Å²) in [6, 6.07) is 10.1. The summed E-state index contributed by atoms with van der Waals surface area (Å²) >= 11 is 0. The zero-order chi connectivity index (χ0) is 15.9. The summed E-state index contributed by atoms with van der Waals surface area (Å²) in [4.78, 5) is 23.1. The van der Waals surface area contributed by atoms with Crippen molar-refractivity contribution in [2.45, 2.75) is 20.3 Å². The van der Waals surface area contributed by atoms with Gasteiger partial charge in [-0.25, -0.2) is 5.43 Å². The molecule has 0 unspecified atom stereocenters. The molecule has 0 fully saturated rings. The predicted molar refractivity (Wildman–Crippen MR) is 83.9 cm³/mol. The number of nitrogens with zero attached hydrogens (tertiary/aromatic N) is 1. The maximum atomic E-state index is 11.9. The monoisotopic (exact) mass is 299 g/mol. The number of aryl methyl sites for hydroxylation is 1. The van der Waals surface area contributed by atoms with Crippen molar-refractivity contribution >= 4 is 23.7 Å². The van der Waals surface area contributed by atoms with Gasteiger partial charge in [-0.1, -0.05) is 6.92 Å². The quantitative estimate of drug-likeness (QED) is 0.657. The van der Waals surface area contributed by atoms with Crippen LogP contribution >= 0.6 is 0 Å². The molecule has 2 amide bonds. The van der Waals surface area contributed by atoms with Crippen LogP contribution in [0.5, 0.6) is 0 Å². The van der Waals surface area contributed by atoms with Crippen molar-refractivity contribution in [2.24, 2.45) is 5.10 Å². The molecule has 6 nitrogen and oxygen atoms in total. The summed E-state index contributed by atoms with van der Waals surface area (Å²) in [6.07, 6.45) is 1.84. The van der Waals surface area contributed by atoms with Crippen molar-refractivity contribution in [1.82, 2.24) is 5.43 Å². The molecule has 2 N–H and O–H groups in total. The Kier molecular flexibility index (Phi) is 5.08. The second-order valence-electron chi connectivity index (χ2n) is 4.63. The molecular weight excluding hydrogens is 282 g/mol. The lowest BCUT2D eigenvalue weighted by Crippen LogP contribution is -2.17. The van der Waals surface area contributed by atoms with Crippen LogP contribution in [0.1, 0.15) is 35.2 Å². The molecule has 1 aromatic carbocycles. The van der Waals surface area contributed by atoms with Crippen LogP contribution in [0.3, 0.4) is 0 Å².